The molecule has 7 atom stereocenters. The zero-order valence-corrected chi connectivity index (χ0v) is 62.3. The second-order valence-electron chi connectivity index (χ2n) is 27.7. The number of unbranched alkanes of at least 4 members (excludes halogenated alkanes) is 2. The first-order chi connectivity index (χ1) is 46.4. The molecule has 6 rings (SSSR count). The van der Waals surface area contributed by atoms with Gasteiger partial charge < -0.3 is 86.5 Å². The smallest absolute Gasteiger partial charge is 0.411 e. The number of carbonyl (C=O) groups is 8. The van der Waals surface area contributed by atoms with E-state index in [0.717, 1.165) is 39.0 Å². The van der Waals surface area contributed by atoms with Gasteiger partial charge in [-0.2, -0.15) is 0 Å². The molecule has 27 nitrogen and oxygen atoms in total. The maximum absolute atomic E-state index is 15.0. The molecule has 0 saturated carbocycles. The number of ether oxygens (including phenoxy) is 12. The lowest BCUT2D eigenvalue weighted by atomic mass is 9.97. The first kappa shape index (κ1) is 79.8. The number of nitrogen functional groups attached to an aromatic ring is 1. The Balaban J connectivity index is 1.21. The van der Waals surface area contributed by atoms with Gasteiger partial charge in [0.15, 0.2) is 57.9 Å². The van der Waals surface area contributed by atoms with Crippen molar-refractivity contribution in [2.75, 3.05) is 92.2 Å². The molecule has 3 aliphatic heterocycles. The monoisotopic (exact) mass is 1420 g/mol. The third-order valence-electron chi connectivity index (χ3n) is 18.1. The Morgan fingerprint density at radius 2 is 1.12 bits per heavy atom. The van der Waals surface area contributed by atoms with Crippen LogP contribution in [0.1, 0.15) is 131 Å². The van der Waals surface area contributed by atoms with Crippen LogP contribution in [0.3, 0.4) is 0 Å². The number of nitrogens with zero attached hydrogens (tertiary/aromatic N) is 2. The van der Waals surface area contributed by atoms with Gasteiger partial charge in [0.1, 0.15) is 12.4 Å². The summed E-state index contributed by atoms with van der Waals surface area (Å²) in [5.74, 6) is -4.34. The molecule has 0 radical (unpaired) electrons. The van der Waals surface area contributed by atoms with Crippen molar-refractivity contribution in [3.8, 4) is 28.7 Å². The molecule has 0 spiro atoms. The molecule has 3 aromatic rings. The topological polar surface area (TPSA) is 322 Å². The average Bonchev–Trinajstić information content (AvgIpc) is 1.38. The van der Waals surface area contributed by atoms with Crippen LogP contribution in [0.25, 0.3) is 0 Å². The van der Waals surface area contributed by atoms with Crippen LogP contribution in [0.2, 0.25) is 36.3 Å². The van der Waals surface area contributed by atoms with E-state index in [1.54, 1.807) is 21.9 Å². The Kier molecular flexibility index (Phi) is 28.0. The third-order valence-corrected chi connectivity index (χ3v) is 27.1. The number of benzene rings is 3. The molecule has 4 amide bonds. The summed E-state index contributed by atoms with van der Waals surface area (Å²) in [5.41, 5.74) is 8.97. The summed E-state index contributed by atoms with van der Waals surface area (Å²) in [6.07, 6.45) is -6.85. The van der Waals surface area contributed by atoms with Crippen LogP contribution >= 0.6 is 0 Å². The van der Waals surface area contributed by atoms with Gasteiger partial charge in [-0.05, 0) is 98.2 Å². The molecule has 546 valence electrons. The van der Waals surface area contributed by atoms with Crippen LogP contribution < -0.4 is 40.1 Å². The van der Waals surface area contributed by atoms with E-state index in [0.29, 0.717) is 56.8 Å². The zero-order valence-electron chi connectivity index (χ0n) is 60.3. The number of nitrogens with one attached hydrogen (secondary N) is 2. The molecular formula is C70H101N5O22Si2. The maximum Gasteiger partial charge on any atom is 0.411 e. The molecule has 3 aromatic carbocycles. The first-order valence-electron chi connectivity index (χ1n) is 32.9. The minimum absolute atomic E-state index is 0.00252. The highest BCUT2D eigenvalue weighted by Crippen LogP contribution is 2.42. The van der Waals surface area contributed by atoms with Gasteiger partial charge in [-0.25, -0.2) is 9.59 Å². The van der Waals surface area contributed by atoms with E-state index >= 15 is 0 Å². The van der Waals surface area contributed by atoms with Crippen molar-refractivity contribution in [2.24, 2.45) is 0 Å². The number of rotatable bonds is 31. The minimum Gasteiger partial charge on any atom is -0.493 e. The molecule has 3 aliphatic rings. The predicted octanol–water partition coefficient (Wildman–Crippen LogP) is 9.70. The van der Waals surface area contributed by atoms with Crippen LogP contribution in [0.4, 0.5) is 16.2 Å². The Labute approximate surface area is 582 Å². The van der Waals surface area contributed by atoms with Crippen LogP contribution in [-0.4, -0.2) is 198 Å². The average molecular weight is 1420 g/mol. The summed E-state index contributed by atoms with van der Waals surface area (Å²) >= 11 is 0. The first-order valence-corrected chi connectivity index (χ1v) is 38.7. The number of hydrogen-bond donors (Lipinski definition) is 3. The van der Waals surface area contributed by atoms with Gasteiger partial charge in [-0.3, -0.25) is 34.1 Å². The number of nitrogens with two attached hydrogens (primary N) is 1. The number of likely N-dealkylation sites (tertiary alicyclic amines) is 2. The van der Waals surface area contributed by atoms with Crippen LogP contribution in [0.5, 0.6) is 28.7 Å². The van der Waals surface area contributed by atoms with E-state index in [1.165, 1.54) is 51.7 Å². The Hall–Kier alpha value is -8.23. The van der Waals surface area contributed by atoms with Crippen molar-refractivity contribution >= 4 is 75.7 Å². The van der Waals surface area contributed by atoms with E-state index in [4.69, 9.17) is 71.4 Å². The van der Waals surface area contributed by atoms with Gasteiger partial charge in [0.2, 0.25) is 12.4 Å². The summed E-state index contributed by atoms with van der Waals surface area (Å²) in [6, 6.07) is 9.71. The van der Waals surface area contributed by atoms with Gasteiger partial charge in [0, 0.05) is 65.3 Å². The maximum atomic E-state index is 15.0. The van der Waals surface area contributed by atoms with Crippen molar-refractivity contribution in [2.45, 2.75) is 180 Å². The normalized spacial score (nSPS) is 19.5. The largest absolute Gasteiger partial charge is 0.493 e. The number of hydrogen-bond acceptors (Lipinski definition) is 23. The number of esters is 4. The highest BCUT2D eigenvalue weighted by Gasteiger charge is 2.56. The lowest BCUT2D eigenvalue weighted by Gasteiger charge is -2.43. The fourth-order valence-electron chi connectivity index (χ4n) is 10.7. The summed E-state index contributed by atoms with van der Waals surface area (Å²) in [5, 5.41) is 5.33. The molecular weight excluding hydrogens is 1320 g/mol. The van der Waals surface area contributed by atoms with Crippen molar-refractivity contribution in [1.82, 2.24) is 15.1 Å². The number of methoxy groups -OCH3 is 4. The quantitative estimate of drug-likeness (QED) is 0.0135. The summed E-state index contributed by atoms with van der Waals surface area (Å²) in [7, 11) is 1.03. The lowest BCUT2D eigenvalue weighted by Crippen LogP contribution is -2.64. The molecule has 99 heavy (non-hydrogen) atoms. The van der Waals surface area contributed by atoms with Crippen molar-refractivity contribution in [3.05, 3.63) is 89.0 Å². The van der Waals surface area contributed by atoms with Crippen LogP contribution in [-0.2, 0) is 67.8 Å². The van der Waals surface area contributed by atoms with Gasteiger partial charge >= 0.3 is 30.0 Å². The van der Waals surface area contributed by atoms with Crippen molar-refractivity contribution < 1.29 is 104 Å². The highest BCUT2D eigenvalue weighted by atomic mass is 28.4. The molecule has 29 heteroatoms. The Morgan fingerprint density at radius 1 is 0.616 bits per heavy atom. The SMILES string of the molecule is C=C1C[C@@H](CO[Si](C)(C)C(C)(C)C)N(C(=O)c2cc(OC)c(OCCCCCOc3cc(NC(=O)OCc4ccc(O[C@@H]5O[C@H](C(=O)OC)[C@@H](OC(C)=O)[C@H](OC(C)=O)[C@H]5OC(C)=O)c(C(=O)NCCOC)c4)c(C(=O)N4CC(=C)C[C@H]4CO[Si](C)(C)C(C)(C)C)cc3OC)cc2N)C1. The molecule has 0 unspecified atom stereocenters. The molecule has 0 bridgehead atoms. The van der Waals surface area contributed by atoms with Crippen molar-refractivity contribution in [3.63, 3.8) is 0 Å². The molecule has 3 saturated heterocycles. The second kappa shape index (κ2) is 34.7. The van der Waals surface area contributed by atoms with E-state index in [9.17, 15) is 38.4 Å². The number of amides is 4. The lowest BCUT2D eigenvalue weighted by molar-refractivity contribution is -0.282. The van der Waals surface area contributed by atoms with E-state index in [2.05, 4.69) is 91.5 Å². The third kappa shape index (κ3) is 21.2. The fraction of sp³-hybridized carbons (Fsp3) is 0.571. The van der Waals surface area contributed by atoms with Gasteiger partial charge in [0.05, 0.1) is 88.8 Å². The van der Waals surface area contributed by atoms with E-state index in [-0.39, 0.29) is 118 Å². The summed E-state index contributed by atoms with van der Waals surface area (Å²) < 4.78 is 81.6. The Morgan fingerprint density at radius 3 is 1.63 bits per heavy atom. The number of carbonyl (C=O) groups excluding carboxylic acids is 8. The molecule has 0 aromatic heterocycles. The fourth-order valence-corrected chi connectivity index (χ4v) is 12.8. The minimum atomic E-state index is -2.27. The summed E-state index contributed by atoms with van der Waals surface area (Å²) in [6.45, 7) is 34.5. The van der Waals surface area contributed by atoms with Gasteiger partial charge in [-0.1, -0.05) is 71.9 Å². The van der Waals surface area contributed by atoms with Crippen LogP contribution in [0, 0.1) is 0 Å². The molecule has 0 aliphatic carbocycles. The van der Waals surface area contributed by atoms with Crippen molar-refractivity contribution in [1.29, 1.82) is 0 Å². The predicted molar refractivity (Wildman–Crippen MR) is 371 cm³/mol. The van der Waals surface area contributed by atoms with Gasteiger partial charge in [-0.15, -0.1) is 0 Å². The molecule has 3 fully saturated rings. The molecule has 4 N–H and O–H groups in total. The zero-order chi connectivity index (χ0) is 73.5. The standard InChI is InChI=1S/C70H101N5O22Si2/c1-41-29-47(39-91-98(16,17)69(6,7)8)74(36-41)64(80)49-32-55(85-13)57(34-52(49)71)88-26-21-20-22-27-89-58-35-53(50(33-56(58)86-14)65(81)75-37-42(2)30-48(75)40-92-99(18,19)70(9,10)11)73-68(83)90-38-46-23-24-54(51(31-46)63(79)72-25-28-84-12)96-67-62(95-45(5)78)60(94-44(4)77)59(93-43(3)76)61(97-67)66(82)87-15/h23-24,31-35,47-48,59-62,67H,1-2,20-22,25-30,36-40,71H2,3-19H3,(H,72,79)(H,73,83)/t47-,48-,59-,60-,61-,62+,67+/m0/s1. The second-order valence-corrected chi connectivity index (χ2v) is 37.3. The Bertz CT molecular complexity index is 3440. The highest BCUT2D eigenvalue weighted by molar-refractivity contribution is 6.74. The van der Waals surface area contributed by atoms with E-state index in [1.807, 2.05) is 0 Å². The number of anilines is 2. The van der Waals surface area contributed by atoms with E-state index < -0.39 is 95.7 Å². The summed E-state index contributed by atoms with van der Waals surface area (Å²) in [4.78, 5) is 111. The van der Waals surface area contributed by atoms with Gasteiger partial charge in [0.25, 0.3) is 17.7 Å². The molecule has 3 heterocycles. The van der Waals surface area contributed by atoms with Crippen LogP contribution in [0.15, 0.2) is 66.8 Å².